The lowest BCUT2D eigenvalue weighted by Crippen LogP contribution is -2.18. The summed E-state index contributed by atoms with van der Waals surface area (Å²) in [6, 6.07) is 2.21. The first kappa shape index (κ1) is 13.7. The molecule has 0 amide bonds. The first-order valence-corrected chi connectivity index (χ1v) is 6.08. The van der Waals surface area contributed by atoms with Gasteiger partial charge in [0.2, 0.25) is 5.95 Å². The molecule has 17 heavy (non-hydrogen) atoms. The lowest BCUT2D eigenvalue weighted by atomic mass is 10.2. The van der Waals surface area contributed by atoms with Gasteiger partial charge in [0.1, 0.15) is 5.82 Å². The Balaban J connectivity index is 2.47. The van der Waals surface area contributed by atoms with Gasteiger partial charge in [-0.15, -0.1) is 0 Å². The number of nitrogens with zero attached hydrogens (tertiary/aromatic N) is 2. The Hall–Kier alpha value is -1.36. The molecule has 1 rings (SSSR count). The molecule has 1 unspecified atom stereocenters. The van der Waals surface area contributed by atoms with Crippen molar-refractivity contribution in [3.63, 3.8) is 0 Å². The SMILES string of the molecule is CCCNc1nccc(NC(C)CCOC)n1. The lowest BCUT2D eigenvalue weighted by Gasteiger charge is -2.14. The average Bonchev–Trinajstić information content (AvgIpc) is 2.34. The smallest absolute Gasteiger partial charge is 0.224 e. The van der Waals surface area contributed by atoms with Crippen LogP contribution in [0.1, 0.15) is 26.7 Å². The van der Waals surface area contributed by atoms with Crippen molar-refractivity contribution in [2.45, 2.75) is 32.7 Å². The molecule has 0 saturated heterocycles. The van der Waals surface area contributed by atoms with E-state index in [0.717, 1.165) is 31.8 Å². The summed E-state index contributed by atoms with van der Waals surface area (Å²) in [6.07, 6.45) is 3.78. The molecule has 1 heterocycles. The van der Waals surface area contributed by atoms with Gasteiger partial charge in [-0.2, -0.15) is 4.98 Å². The maximum atomic E-state index is 5.04. The highest BCUT2D eigenvalue weighted by Crippen LogP contribution is 2.08. The molecule has 0 radical (unpaired) electrons. The van der Waals surface area contributed by atoms with Gasteiger partial charge in [0.15, 0.2) is 0 Å². The summed E-state index contributed by atoms with van der Waals surface area (Å²) in [5, 5.41) is 6.49. The zero-order valence-electron chi connectivity index (χ0n) is 10.9. The van der Waals surface area contributed by atoms with E-state index in [1.54, 1.807) is 13.3 Å². The van der Waals surface area contributed by atoms with Crippen LogP contribution in [0.2, 0.25) is 0 Å². The minimum atomic E-state index is 0.337. The highest BCUT2D eigenvalue weighted by Gasteiger charge is 2.03. The van der Waals surface area contributed by atoms with Crippen LogP contribution in [0.25, 0.3) is 0 Å². The highest BCUT2D eigenvalue weighted by molar-refractivity contribution is 5.40. The number of methoxy groups -OCH3 is 1. The molecule has 1 aromatic heterocycles. The van der Waals surface area contributed by atoms with Gasteiger partial charge in [-0.05, 0) is 25.8 Å². The topological polar surface area (TPSA) is 59.1 Å². The van der Waals surface area contributed by atoms with Gasteiger partial charge in [-0.1, -0.05) is 6.92 Å². The van der Waals surface area contributed by atoms with E-state index in [0.29, 0.717) is 12.0 Å². The van der Waals surface area contributed by atoms with E-state index in [2.05, 4.69) is 34.4 Å². The maximum absolute atomic E-state index is 5.04. The van der Waals surface area contributed by atoms with Gasteiger partial charge in [-0.25, -0.2) is 4.98 Å². The lowest BCUT2D eigenvalue weighted by molar-refractivity contribution is 0.191. The fraction of sp³-hybridized carbons (Fsp3) is 0.667. The van der Waals surface area contributed by atoms with Crippen LogP contribution >= 0.6 is 0 Å². The molecular formula is C12H22N4O. The summed E-state index contributed by atoms with van der Waals surface area (Å²) in [5.74, 6) is 1.53. The van der Waals surface area contributed by atoms with Crippen molar-refractivity contribution in [3.8, 4) is 0 Å². The summed E-state index contributed by atoms with van der Waals surface area (Å²) in [7, 11) is 1.71. The number of anilines is 2. The van der Waals surface area contributed by atoms with Gasteiger partial charge in [0.05, 0.1) is 0 Å². The Labute approximate surface area is 103 Å². The molecule has 96 valence electrons. The summed E-state index contributed by atoms with van der Waals surface area (Å²) in [6.45, 7) is 5.87. The maximum Gasteiger partial charge on any atom is 0.224 e. The second-order valence-corrected chi connectivity index (χ2v) is 4.02. The molecule has 0 bridgehead atoms. The predicted molar refractivity (Wildman–Crippen MR) is 70.4 cm³/mol. The molecule has 0 saturated carbocycles. The van der Waals surface area contributed by atoms with Gasteiger partial charge < -0.3 is 15.4 Å². The largest absolute Gasteiger partial charge is 0.385 e. The molecule has 2 N–H and O–H groups in total. The summed E-state index contributed by atoms with van der Waals surface area (Å²) < 4.78 is 5.04. The van der Waals surface area contributed by atoms with Crippen LogP contribution in [0, 0.1) is 0 Å². The predicted octanol–water partition coefficient (Wildman–Crippen LogP) is 2.14. The Morgan fingerprint density at radius 3 is 3.00 bits per heavy atom. The van der Waals surface area contributed by atoms with Crippen molar-refractivity contribution in [1.29, 1.82) is 0 Å². The van der Waals surface area contributed by atoms with Crippen LogP contribution in [-0.2, 0) is 4.74 Å². The molecule has 5 nitrogen and oxygen atoms in total. The van der Waals surface area contributed by atoms with Crippen molar-refractivity contribution in [3.05, 3.63) is 12.3 Å². The summed E-state index contributed by atoms with van der Waals surface area (Å²) >= 11 is 0. The molecular weight excluding hydrogens is 216 g/mol. The van der Waals surface area contributed by atoms with Crippen LogP contribution in [0.4, 0.5) is 11.8 Å². The van der Waals surface area contributed by atoms with Gasteiger partial charge >= 0.3 is 0 Å². The van der Waals surface area contributed by atoms with Crippen molar-refractivity contribution in [2.75, 3.05) is 30.9 Å². The molecule has 0 aliphatic carbocycles. The normalized spacial score (nSPS) is 12.2. The number of ether oxygens (including phenoxy) is 1. The van der Waals surface area contributed by atoms with E-state index < -0.39 is 0 Å². The van der Waals surface area contributed by atoms with E-state index in [1.165, 1.54) is 0 Å². The van der Waals surface area contributed by atoms with Crippen molar-refractivity contribution in [1.82, 2.24) is 9.97 Å². The summed E-state index contributed by atoms with van der Waals surface area (Å²) in [4.78, 5) is 8.54. The molecule has 0 spiro atoms. The number of rotatable bonds is 8. The molecule has 0 aliphatic heterocycles. The number of hydrogen-bond donors (Lipinski definition) is 2. The first-order chi connectivity index (χ1) is 8.26. The second kappa shape index (κ2) is 7.84. The zero-order chi connectivity index (χ0) is 12.5. The molecule has 1 atom stereocenters. The van der Waals surface area contributed by atoms with E-state index in [1.807, 2.05) is 6.07 Å². The first-order valence-electron chi connectivity index (χ1n) is 6.08. The average molecular weight is 238 g/mol. The quantitative estimate of drug-likeness (QED) is 0.726. The van der Waals surface area contributed by atoms with E-state index >= 15 is 0 Å². The Bertz CT molecular complexity index is 319. The minimum absolute atomic E-state index is 0.337. The second-order valence-electron chi connectivity index (χ2n) is 4.02. The van der Waals surface area contributed by atoms with E-state index in [-0.39, 0.29) is 0 Å². The Morgan fingerprint density at radius 1 is 1.47 bits per heavy atom. The highest BCUT2D eigenvalue weighted by atomic mass is 16.5. The minimum Gasteiger partial charge on any atom is -0.385 e. The van der Waals surface area contributed by atoms with E-state index in [4.69, 9.17) is 4.74 Å². The number of nitrogens with one attached hydrogen (secondary N) is 2. The van der Waals surface area contributed by atoms with Crippen LogP contribution in [-0.4, -0.2) is 36.3 Å². The van der Waals surface area contributed by atoms with E-state index in [9.17, 15) is 0 Å². The third-order valence-electron chi connectivity index (χ3n) is 2.34. The van der Waals surface area contributed by atoms with Gasteiger partial charge in [0, 0.05) is 32.5 Å². The molecule has 0 fully saturated rings. The number of hydrogen-bond acceptors (Lipinski definition) is 5. The molecule has 0 aromatic carbocycles. The molecule has 1 aromatic rings. The van der Waals surface area contributed by atoms with Crippen LogP contribution < -0.4 is 10.6 Å². The molecule has 5 heteroatoms. The Kier molecular flexibility index (Phi) is 6.32. The van der Waals surface area contributed by atoms with Gasteiger partial charge in [0.25, 0.3) is 0 Å². The molecule has 0 aliphatic rings. The number of aromatic nitrogens is 2. The summed E-state index contributed by atoms with van der Waals surface area (Å²) in [5.41, 5.74) is 0. The van der Waals surface area contributed by atoms with Crippen molar-refractivity contribution < 1.29 is 4.74 Å². The van der Waals surface area contributed by atoms with Crippen LogP contribution in [0.5, 0.6) is 0 Å². The standard InChI is InChI=1S/C12H22N4O/c1-4-7-13-12-14-8-5-11(16-12)15-10(2)6-9-17-3/h5,8,10H,4,6-7,9H2,1-3H3,(H2,13,14,15,16). The Morgan fingerprint density at radius 2 is 2.29 bits per heavy atom. The van der Waals surface area contributed by atoms with Crippen LogP contribution in [0.15, 0.2) is 12.3 Å². The third kappa shape index (κ3) is 5.49. The third-order valence-corrected chi connectivity index (χ3v) is 2.34. The fourth-order valence-corrected chi connectivity index (χ4v) is 1.38. The fourth-order valence-electron chi connectivity index (χ4n) is 1.38. The van der Waals surface area contributed by atoms with Crippen molar-refractivity contribution in [2.24, 2.45) is 0 Å². The van der Waals surface area contributed by atoms with Crippen LogP contribution in [0.3, 0.4) is 0 Å². The zero-order valence-corrected chi connectivity index (χ0v) is 10.9. The van der Waals surface area contributed by atoms with Crippen molar-refractivity contribution >= 4 is 11.8 Å². The van der Waals surface area contributed by atoms with Gasteiger partial charge in [-0.3, -0.25) is 0 Å². The monoisotopic (exact) mass is 238 g/mol.